The molecule has 0 bridgehead atoms. The van der Waals surface area contributed by atoms with Crippen LogP contribution in [0.1, 0.15) is 11.5 Å². The molecule has 2 rings (SSSR count). The molecular formula is C10H9ClN2O2. The molecule has 78 valence electrons. The second-order valence-electron chi connectivity index (χ2n) is 3.30. The van der Waals surface area contributed by atoms with Crippen LogP contribution >= 0.6 is 11.6 Å². The van der Waals surface area contributed by atoms with Crippen LogP contribution in [-0.2, 0) is 4.79 Å². The molecule has 0 spiro atoms. The maximum Gasteiger partial charge on any atom is 0.334 e. The van der Waals surface area contributed by atoms with Crippen molar-refractivity contribution in [3.05, 3.63) is 35.9 Å². The number of nitrogens with one attached hydrogen (secondary N) is 1. The summed E-state index contributed by atoms with van der Waals surface area (Å²) in [6.07, 6.45) is 0. The zero-order valence-electron chi connectivity index (χ0n) is 7.81. The van der Waals surface area contributed by atoms with Crippen LogP contribution in [0.15, 0.2) is 30.3 Å². The lowest BCUT2D eigenvalue weighted by atomic mass is 10.00. The van der Waals surface area contributed by atoms with E-state index in [1.165, 1.54) is 0 Å². The summed E-state index contributed by atoms with van der Waals surface area (Å²) < 4.78 is 0. The number of amides is 2. The Balaban J connectivity index is 2.19. The summed E-state index contributed by atoms with van der Waals surface area (Å²) in [7, 11) is 0. The van der Waals surface area contributed by atoms with Gasteiger partial charge in [0.25, 0.3) is 0 Å². The van der Waals surface area contributed by atoms with Crippen molar-refractivity contribution in [1.29, 1.82) is 0 Å². The topological polar surface area (TPSA) is 49.4 Å². The van der Waals surface area contributed by atoms with Gasteiger partial charge in [-0.05, 0) is 17.2 Å². The number of hydrogen-bond acceptors (Lipinski definition) is 2. The van der Waals surface area contributed by atoms with E-state index in [9.17, 15) is 9.59 Å². The average Bonchev–Trinajstić information content (AvgIpc) is 2.62. The first kappa shape index (κ1) is 9.98. The molecule has 1 N–H and O–H groups in total. The molecule has 1 fully saturated rings. The normalized spacial score (nSPS) is 20.2. The Morgan fingerprint density at radius 1 is 1.40 bits per heavy atom. The Morgan fingerprint density at radius 2 is 2.07 bits per heavy atom. The molecule has 1 atom stereocenters. The van der Waals surface area contributed by atoms with Gasteiger partial charge in [0, 0.05) is 0 Å². The quantitative estimate of drug-likeness (QED) is 0.580. The molecule has 4 nitrogen and oxygen atoms in total. The molecular weight excluding hydrogens is 216 g/mol. The second kappa shape index (κ2) is 3.90. The Kier molecular flexibility index (Phi) is 2.60. The van der Waals surface area contributed by atoms with Gasteiger partial charge in [-0.2, -0.15) is 0 Å². The van der Waals surface area contributed by atoms with Crippen molar-refractivity contribution in [3.63, 3.8) is 0 Å². The van der Waals surface area contributed by atoms with Crippen LogP contribution in [0.2, 0.25) is 0 Å². The second-order valence-corrected chi connectivity index (χ2v) is 3.63. The Hall–Kier alpha value is -1.55. The molecule has 15 heavy (non-hydrogen) atoms. The third kappa shape index (κ3) is 1.94. The Labute approximate surface area is 91.8 Å². The predicted octanol–water partition coefficient (Wildman–Crippen LogP) is 1.48. The number of hydrazine groups is 1. The number of hydrogen-bond donors (Lipinski definition) is 1. The molecule has 0 radical (unpaired) electrons. The summed E-state index contributed by atoms with van der Waals surface area (Å²) in [5.41, 5.74) is 3.30. The van der Waals surface area contributed by atoms with Crippen molar-refractivity contribution in [1.82, 2.24) is 10.4 Å². The highest BCUT2D eigenvalue weighted by Crippen LogP contribution is 2.21. The van der Waals surface area contributed by atoms with E-state index in [4.69, 9.17) is 11.6 Å². The third-order valence-electron chi connectivity index (χ3n) is 2.34. The summed E-state index contributed by atoms with van der Waals surface area (Å²) in [5, 5.41) is 0.448. The number of benzene rings is 1. The van der Waals surface area contributed by atoms with Gasteiger partial charge in [-0.15, -0.1) is 0 Å². The minimum absolute atomic E-state index is 0.199. The van der Waals surface area contributed by atoms with Gasteiger partial charge in [0.05, 0.1) is 12.5 Å². The molecule has 1 aliphatic rings. The van der Waals surface area contributed by atoms with Gasteiger partial charge in [-0.1, -0.05) is 30.3 Å². The van der Waals surface area contributed by atoms with Crippen LogP contribution in [0.4, 0.5) is 4.79 Å². The lowest BCUT2D eigenvalue weighted by molar-refractivity contribution is -0.121. The third-order valence-corrected chi connectivity index (χ3v) is 2.54. The standard InChI is InChI=1S/C10H9ClN2O2/c11-10(15)13-6-8(9(14)12-13)7-4-2-1-3-5-7/h1-5,8H,6H2,(H,12,14). The van der Waals surface area contributed by atoms with Crippen LogP contribution < -0.4 is 5.43 Å². The van der Waals surface area contributed by atoms with Crippen LogP contribution in [0.25, 0.3) is 0 Å². The van der Waals surface area contributed by atoms with Crippen molar-refractivity contribution in [3.8, 4) is 0 Å². The predicted molar refractivity (Wildman–Crippen MR) is 55.3 cm³/mol. The van der Waals surface area contributed by atoms with Crippen molar-refractivity contribution in [2.45, 2.75) is 5.92 Å². The smallest absolute Gasteiger partial charge is 0.272 e. The summed E-state index contributed by atoms with van der Waals surface area (Å²) in [4.78, 5) is 22.4. The zero-order chi connectivity index (χ0) is 10.8. The highest BCUT2D eigenvalue weighted by molar-refractivity contribution is 6.62. The maximum atomic E-state index is 11.5. The molecule has 1 heterocycles. The minimum Gasteiger partial charge on any atom is -0.272 e. The molecule has 2 amide bonds. The number of nitrogens with zero attached hydrogens (tertiary/aromatic N) is 1. The number of carbonyl (C=O) groups excluding carboxylic acids is 2. The van der Waals surface area contributed by atoms with Gasteiger partial charge in [0.15, 0.2) is 0 Å². The van der Waals surface area contributed by atoms with Gasteiger partial charge in [-0.3, -0.25) is 15.0 Å². The number of halogens is 1. The van der Waals surface area contributed by atoms with Crippen LogP contribution in [0.3, 0.4) is 0 Å². The summed E-state index contributed by atoms with van der Waals surface area (Å²) in [5.74, 6) is -0.524. The summed E-state index contributed by atoms with van der Waals surface area (Å²) in [6.45, 7) is 0.283. The minimum atomic E-state index is -0.665. The van der Waals surface area contributed by atoms with E-state index in [0.29, 0.717) is 0 Å². The van der Waals surface area contributed by atoms with Gasteiger partial charge in [0.1, 0.15) is 0 Å². The monoisotopic (exact) mass is 224 g/mol. The van der Waals surface area contributed by atoms with E-state index in [1.807, 2.05) is 30.3 Å². The fourth-order valence-corrected chi connectivity index (χ4v) is 1.69. The molecule has 0 aromatic heterocycles. The van der Waals surface area contributed by atoms with Crippen LogP contribution in [0, 0.1) is 0 Å². The number of carbonyl (C=O) groups is 2. The average molecular weight is 225 g/mol. The Morgan fingerprint density at radius 3 is 2.60 bits per heavy atom. The Bertz CT molecular complexity index is 394. The van der Waals surface area contributed by atoms with Crippen LogP contribution in [-0.4, -0.2) is 22.8 Å². The van der Waals surface area contributed by atoms with Gasteiger partial charge < -0.3 is 0 Å². The summed E-state index contributed by atoms with van der Waals surface area (Å²) in [6, 6.07) is 9.29. The molecule has 1 aromatic rings. The van der Waals surface area contributed by atoms with Crippen molar-refractivity contribution in [2.24, 2.45) is 0 Å². The molecule has 0 aliphatic carbocycles. The van der Waals surface area contributed by atoms with Crippen molar-refractivity contribution >= 4 is 22.9 Å². The SMILES string of the molecule is O=C1NN(C(=O)Cl)CC1c1ccccc1. The highest BCUT2D eigenvalue weighted by atomic mass is 35.5. The molecule has 1 saturated heterocycles. The first-order valence-electron chi connectivity index (χ1n) is 4.51. The van der Waals surface area contributed by atoms with E-state index in [0.717, 1.165) is 10.6 Å². The van der Waals surface area contributed by atoms with E-state index in [-0.39, 0.29) is 18.4 Å². The molecule has 0 saturated carbocycles. The van der Waals surface area contributed by atoms with Gasteiger partial charge in [0.2, 0.25) is 5.91 Å². The van der Waals surface area contributed by atoms with E-state index in [1.54, 1.807) is 0 Å². The van der Waals surface area contributed by atoms with Gasteiger partial charge >= 0.3 is 5.37 Å². The van der Waals surface area contributed by atoms with E-state index >= 15 is 0 Å². The summed E-state index contributed by atoms with van der Waals surface area (Å²) >= 11 is 5.27. The van der Waals surface area contributed by atoms with Crippen molar-refractivity contribution in [2.75, 3.05) is 6.54 Å². The molecule has 5 heteroatoms. The number of rotatable bonds is 1. The largest absolute Gasteiger partial charge is 0.334 e. The lowest BCUT2D eigenvalue weighted by Gasteiger charge is -2.09. The maximum absolute atomic E-state index is 11.5. The first-order chi connectivity index (χ1) is 7.18. The zero-order valence-corrected chi connectivity index (χ0v) is 8.57. The fraction of sp³-hybridized carbons (Fsp3) is 0.200. The van der Waals surface area contributed by atoms with Crippen molar-refractivity contribution < 1.29 is 9.59 Å². The molecule has 1 unspecified atom stereocenters. The molecule has 1 aromatic carbocycles. The van der Waals surface area contributed by atoms with E-state index in [2.05, 4.69) is 5.43 Å². The first-order valence-corrected chi connectivity index (χ1v) is 4.88. The van der Waals surface area contributed by atoms with Crippen LogP contribution in [0.5, 0.6) is 0 Å². The highest BCUT2D eigenvalue weighted by Gasteiger charge is 2.33. The molecule has 1 aliphatic heterocycles. The fourth-order valence-electron chi connectivity index (χ4n) is 1.58. The lowest BCUT2D eigenvalue weighted by Crippen LogP contribution is -2.34. The van der Waals surface area contributed by atoms with E-state index < -0.39 is 5.37 Å². The van der Waals surface area contributed by atoms with Gasteiger partial charge in [-0.25, -0.2) is 5.01 Å².